The van der Waals surface area contributed by atoms with E-state index in [0.717, 1.165) is 12.4 Å². The van der Waals surface area contributed by atoms with Crippen LogP contribution < -0.4 is 4.90 Å². The molecule has 1 atom stereocenters. The number of anilines is 1. The van der Waals surface area contributed by atoms with E-state index in [1.54, 1.807) is 6.20 Å². The fourth-order valence-electron chi connectivity index (χ4n) is 2.15. The number of carbonyl (C=O) groups is 1. The summed E-state index contributed by atoms with van der Waals surface area (Å²) in [7, 11) is 0. The van der Waals surface area contributed by atoms with Gasteiger partial charge in [-0.25, -0.2) is 9.97 Å². The Morgan fingerprint density at radius 3 is 3.00 bits per heavy atom. The molecule has 0 spiro atoms. The van der Waals surface area contributed by atoms with Crippen molar-refractivity contribution in [3.05, 3.63) is 18.6 Å². The van der Waals surface area contributed by atoms with Crippen LogP contribution in [0.5, 0.6) is 0 Å². The first-order chi connectivity index (χ1) is 7.68. The lowest BCUT2D eigenvalue weighted by Crippen LogP contribution is -2.34. The summed E-state index contributed by atoms with van der Waals surface area (Å²) >= 11 is 0. The number of aromatic nitrogens is 2. The van der Waals surface area contributed by atoms with E-state index in [1.807, 2.05) is 17.9 Å². The lowest BCUT2D eigenvalue weighted by atomic mass is 9.84. The number of aliphatic carboxylic acids is 1. The van der Waals surface area contributed by atoms with Crippen LogP contribution in [0.15, 0.2) is 18.6 Å². The van der Waals surface area contributed by atoms with Gasteiger partial charge in [0.1, 0.15) is 12.1 Å². The van der Waals surface area contributed by atoms with Crippen molar-refractivity contribution in [1.29, 1.82) is 0 Å². The zero-order valence-electron chi connectivity index (χ0n) is 9.26. The highest BCUT2D eigenvalue weighted by Gasteiger charge is 2.43. The van der Waals surface area contributed by atoms with Gasteiger partial charge in [0.2, 0.25) is 0 Å². The lowest BCUT2D eigenvalue weighted by Gasteiger charge is -2.23. The zero-order chi connectivity index (χ0) is 11.6. The van der Waals surface area contributed by atoms with Crippen molar-refractivity contribution in [2.75, 3.05) is 18.0 Å². The Balaban J connectivity index is 2.17. The van der Waals surface area contributed by atoms with E-state index in [2.05, 4.69) is 9.97 Å². The van der Waals surface area contributed by atoms with Gasteiger partial charge in [-0.1, -0.05) is 6.92 Å². The van der Waals surface area contributed by atoms with Gasteiger partial charge in [0.05, 0.1) is 5.41 Å². The highest BCUT2D eigenvalue weighted by Crippen LogP contribution is 2.35. The maximum Gasteiger partial charge on any atom is 0.311 e. The Labute approximate surface area is 94.1 Å². The summed E-state index contributed by atoms with van der Waals surface area (Å²) in [5.41, 5.74) is -0.606. The summed E-state index contributed by atoms with van der Waals surface area (Å²) in [5, 5.41) is 9.27. The average Bonchev–Trinajstić information content (AvgIpc) is 2.76. The number of carboxylic acids is 1. The molecule has 0 aromatic carbocycles. The Hall–Kier alpha value is -1.65. The Morgan fingerprint density at radius 2 is 2.50 bits per heavy atom. The van der Waals surface area contributed by atoms with E-state index in [1.165, 1.54) is 6.33 Å². The third kappa shape index (κ3) is 1.73. The molecular weight excluding hydrogens is 206 g/mol. The molecule has 1 saturated heterocycles. The molecule has 5 nitrogen and oxygen atoms in total. The quantitative estimate of drug-likeness (QED) is 0.829. The second kappa shape index (κ2) is 4.08. The first-order valence-corrected chi connectivity index (χ1v) is 5.42. The molecule has 0 bridgehead atoms. The molecule has 1 aliphatic heterocycles. The van der Waals surface area contributed by atoms with Crippen LogP contribution in [0.1, 0.15) is 19.8 Å². The molecule has 0 amide bonds. The molecular formula is C11H15N3O2. The molecule has 2 rings (SSSR count). The van der Waals surface area contributed by atoms with E-state index in [0.29, 0.717) is 19.4 Å². The largest absolute Gasteiger partial charge is 0.481 e. The molecule has 0 saturated carbocycles. The molecule has 5 heteroatoms. The van der Waals surface area contributed by atoms with Gasteiger partial charge < -0.3 is 10.0 Å². The minimum absolute atomic E-state index is 0.538. The number of hydrogen-bond donors (Lipinski definition) is 1. The topological polar surface area (TPSA) is 66.3 Å². The summed E-state index contributed by atoms with van der Waals surface area (Å²) in [6.45, 7) is 3.21. The van der Waals surface area contributed by atoms with Crippen molar-refractivity contribution in [2.45, 2.75) is 19.8 Å². The Bertz CT molecular complexity index is 382. The minimum Gasteiger partial charge on any atom is -0.481 e. The van der Waals surface area contributed by atoms with Crippen molar-refractivity contribution < 1.29 is 9.90 Å². The predicted molar refractivity (Wildman–Crippen MR) is 59.2 cm³/mol. The standard InChI is InChI=1S/C11H15N3O2/c1-2-11(10(15)16)4-6-14(7-11)9-3-5-12-8-13-9/h3,5,8H,2,4,6-7H2,1H3,(H,15,16). The zero-order valence-corrected chi connectivity index (χ0v) is 9.26. The molecule has 1 fully saturated rings. The van der Waals surface area contributed by atoms with Crippen LogP contribution in [0.2, 0.25) is 0 Å². The van der Waals surface area contributed by atoms with E-state index in [9.17, 15) is 9.90 Å². The normalized spacial score (nSPS) is 24.7. The number of carboxylic acid groups (broad SMARTS) is 1. The van der Waals surface area contributed by atoms with Crippen LogP contribution in [-0.2, 0) is 4.79 Å². The van der Waals surface area contributed by atoms with Crippen LogP contribution >= 0.6 is 0 Å². The molecule has 1 aliphatic rings. The predicted octanol–water partition coefficient (Wildman–Crippen LogP) is 1.17. The summed E-state index contributed by atoms with van der Waals surface area (Å²) in [6, 6.07) is 1.81. The first kappa shape index (κ1) is 10.9. The summed E-state index contributed by atoms with van der Waals surface area (Å²) in [5.74, 6) is 0.109. The fraction of sp³-hybridized carbons (Fsp3) is 0.545. The van der Waals surface area contributed by atoms with Gasteiger partial charge in [-0.3, -0.25) is 4.79 Å². The average molecular weight is 221 g/mol. The monoisotopic (exact) mass is 221 g/mol. The minimum atomic E-state index is -0.702. The number of hydrogen-bond acceptors (Lipinski definition) is 4. The molecule has 2 heterocycles. The Kier molecular flexibility index (Phi) is 2.77. The van der Waals surface area contributed by atoms with Crippen LogP contribution in [0, 0.1) is 5.41 Å². The first-order valence-electron chi connectivity index (χ1n) is 5.42. The molecule has 1 unspecified atom stereocenters. The third-order valence-corrected chi connectivity index (χ3v) is 3.37. The van der Waals surface area contributed by atoms with Crippen LogP contribution in [-0.4, -0.2) is 34.1 Å². The highest BCUT2D eigenvalue weighted by atomic mass is 16.4. The lowest BCUT2D eigenvalue weighted by molar-refractivity contribution is -0.147. The smallest absolute Gasteiger partial charge is 0.311 e. The van der Waals surface area contributed by atoms with Crippen molar-refractivity contribution in [3.63, 3.8) is 0 Å². The van der Waals surface area contributed by atoms with Gasteiger partial charge in [0, 0.05) is 19.3 Å². The number of rotatable bonds is 3. The maximum absolute atomic E-state index is 11.3. The molecule has 1 aromatic rings. The molecule has 0 aliphatic carbocycles. The van der Waals surface area contributed by atoms with Gasteiger partial charge in [-0.2, -0.15) is 0 Å². The van der Waals surface area contributed by atoms with Crippen LogP contribution in [0.25, 0.3) is 0 Å². The second-order valence-corrected chi connectivity index (χ2v) is 4.18. The van der Waals surface area contributed by atoms with Crippen molar-refractivity contribution >= 4 is 11.8 Å². The molecule has 1 aromatic heterocycles. The third-order valence-electron chi connectivity index (χ3n) is 3.37. The van der Waals surface area contributed by atoms with Crippen molar-refractivity contribution in [3.8, 4) is 0 Å². The van der Waals surface area contributed by atoms with Gasteiger partial charge in [0.25, 0.3) is 0 Å². The summed E-state index contributed by atoms with van der Waals surface area (Å²) in [6.07, 6.45) is 4.50. The summed E-state index contributed by atoms with van der Waals surface area (Å²) < 4.78 is 0. The van der Waals surface area contributed by atoms with Gasteiger partial charge in [-0.05, 0) is 18.9 Å². The molecule has 1 N–H and O–H groups in total. The highest BCUT2D eigenvalue weighted by molar-refractivity contribution is 5.76. The van der Waals surface area contributed by atoms with Crippen molar-refractivity contribution in [1.82, 2.24) is 9.97 Å². The van der Waals surface area contributed by atoms with Gasteiger partial charge in [-0.15, -0.1) is 0 Å². The SMILES string of the molecule is CCC1(C(=O)O)CCN(c2ccncn2)C1. The van der Waals surface area contributed by atoms with Crippen LogP contribution in [0.4, 0.5) is 5.82 Å². The summed E-state index contributed by atoms with van der Waals surface area (Å²) in [4.78, 5) is 21.3. The van der Waals surface area contributed by atoms with E-state index in [-0.39, 0.29) is 0 Å². The molecule has 16 heavy (non-hydrogen) atoms. The van der Waals surface area contributed by atoms with Crippen molar-refractivity contribution in [2.24, 2.45) is 5.41 Å². The van der Waals surface area contributed by atoms with Crippen LogP contribution in [0.3, 0.4) is 0 Å². The second-order valence-electron chi connectivity index (χ2n) is 4.18. The molecule has 0 radical (unpaired) electrons. The van der Waals surface area contributed by atoms with E-state index >= 15 is 0 Å². The number of nitrogens with zero attached hydrogens (tertiary/aromatic N) is 3. The van der Waals surface area contributed by atoms with Gasteiger partial charge in [0.15, 0.2) is 0 Å². The van der Waals surface area contributed by atoms with Gasteiger partial charge >= 0.3 is 5.97 Å². The Morgan fingerprint density at radius 1 is 1.69 bits per heavy atom. The maximum atomic E-state index is 11.3. The van der Waals surface area contributed by atoms with E-state index in [4.69, 9.17) is 0 Å². The fourth-order valence-corrected chi connectivity index (χ4v) is 2.15. The van der Waals surface area contributed by atoms with E-state index < -0.39 is 11.4 Å². The molecule has 86 valence electrons.